The van der Waals surface area contributed by atoms with Gasteiger partial charge in [-0.05, 0) is 42.8 Å². The van der Waals surface area contributed by atoms with Gasteiger partial charge in [0.1, 0.15) is 11.6 Å². The number of rotatable bonds is 6. The highest BCUT2D eigenvalue weighted by atomic mass is 127. The Hall–Kier alpha value is -2.23. The lowest BCUT2D eigenvalue weighted by molar-refractivity contribution is 0.0963. The molecule has 27 heavy (non-hydrogen) atoms. The third kappa shape index (κ3) is 7.12. The predicted octanol–water partition coefficient (Wildman–Crippen LogP) is 3.20. The van der Waals surface area contributed by atoms with E-state index in [0.29, 0.717) is 24.6 Å². The first-order chi connectivity index (χ1) is 12.5. The van der Waals surface area contributed by atoms with Gasteiger partial charge < -0.3 is 16.0 Å². The summed E-state index contributed by atoms with van der Waals surface area (Å²) in [6.07, 6.45) is 0. The molecule has 0 unspecified atom stereocenters. The van der Waals surface area contributed by atoms with Crippen LogP contribution >= 0.6 is 24.0 Å². The molecule has 0 aromatic heterocycles. The zero-order valence-electron chi connectivity index (χ0n) is 15.2. The molecule has 0 spiro atoms. The molecule has 0 radical (unpaired) electrons. The van der Waals surface area contributed by atoms with Crippen molar-refractivity contribution in [1.82, 2.24) is 16.0 Å². The number of nitrogens with zero attached hydrogens (tertiary/aromatic N) is 1. The van der Waals surface area contributed by atoms with E-state index in [1.807, 2.05) is 13.0 Å². The predicted molar refractivity (Wildman–Crippen MR) is 113 cm³/mol. The molecule has 5 nitrogen and oxygen atoms in total. The van der Waals surface area contributed by atoms with Crippen molar-refractivity contribution in [3.63, 3.8) is 0 Å². The lowest BCUT2D eigenvalue weighted by Crippen LogP contribution is -2.37. The van der Waals surface area contributed by atoms with Crippen LogP contribution in [0.15, 0.2) is 47.5 Å². The number of halogens is 3. The summed E-state index contributed by atoms with van der Waals surface area (Å²) >= 11 is 0. The first-order valence-corrected chi connectivity index (χ1v) is 8.30. The summed E-state index contributed by atoms with van der Waals surface area (Å²) in [5.41, 5.74) is 1.64. The minimum atomic E-state index is -0.490. The van der Waals surface area contributed by atoms with Crippen LogP contribution < -0.4 is 16.0 Å². The third-order valence-electron chi connectivity index (χ3n) is 3.63. The van der Waals surface area contributed by atoms with Crippen molar-refractivity contribution in [2.75, 3.05) is 13.6 Å². The first kappa shape index (κ1) is 22.8. The fourth-order valence-corrected chi connectivity index (χ4v) is 2.33. The summed E-state index contributed by atoms with van der Waals surface area (Å²) in [7, 11) is 1.58. The van der Waals surface area contributed by atoms with Crippen LogP contribution in [0.3, 0.4) is 0 Å². The molecule has 0 saturated heterocycles. The number of carbonyl (C=O) groups is 1. The van der Waals surface area contributed by atoms with Gasteiger partial charge in [0.05, 0.1) is 6.54 Å². The Balaban J connectivity index is 0.00000364. The molecule has 0 bridgehead atoms. The van der Waals surface area contributed by atoms with Crippen LogP contribution in [-0.2, 0) is 13.1 Å². The fourth-order valence-electron chi connectivity index (χ4n) is 2.33. The first-order valence-electron chi connectivity index (χ1n) is 8.30. The van der Waals surface area contributed by atoms with Gasteiger partial charge in [0, 0.05) is 31.3 Å². The standard InChI is InChI=1S/C19H22F2N4O.HI/c1-3-23-19(25-12-15-10-16(20)7-8-17(15)21)24-11-13-5-4-6-14(9-13)18(26)22-2;/h4-10H,3,11-12H2,1-2H3,(H,22,26)(H2,23,24,25);1H. The Morgan fingerprint density at radius 2 is 1.89 bits per heavy atom. The van der Waals surface area contributed by atoms with Crippen molar-refractivity contribution >= 4 is 35.8 Å². The molecule has 2 aromatic carbocycles. The van der Waals surface area contributed by atoms with Crippen LogP contribution in [0.2, 0.25) is 0 Å². The number of hydrogen-bond donors (Lipinski definition) is 3. The molecule has 0 aliphatic carbocycles. The zero-order valence-corrected chi connectivity index (χ0v) is 17.5. The molecule has 0 atom stereocenters. The summed E-state index contributed by atoms with van der Waals surface area (Å²) in [6.45, 7) is 2.97. The Bertz CT molecular complexity index is 799. The summed E-state index contributed by atoms with van der Waals surface area (Å²) in [6, 6.07) is 10.5. The second kappa shape index (κ2) is 11.5. The molecule has 3 N–H and O–H groups in total. The topological polar surface area (TPSA) is 65.5 Å². The van der Waals surface area contributed by atoms with Crippen LogP contribution in [0.1, 0.15) is 28.4 Å². The van der Waals surface area contributed by atoms with Gasteiger partial charge in [0.2, 0.25) is 0 Å². The lowest BCUT2D eigenvalue weighted by atomic mass is 10.1. The van der Waals surface area contributed by atoms with E-state index in [1.165, 1.54) is 0 Å². The second-order valence-electron chi connectivity index (χ2n) is 5.56. The van der Waals surface area contributed by atoms with E-state index in [2.05, 4.69) is 20.9 Å². The van der Waals surface area contributed by atoms with E-state index in [1.54, 1.807) is 25.2 Å². The summed E-state index contributed by atoms with van der Waals surface area (Å²) in [5.74, 6) is -0.659. The average Bonchev–Trinajstić information content (AvgIpc) is 2.66. The fraction of sp³-hybridized carbons (Fsp3) is 0.263. The Morgan fingerprint density at radius 1 is 1.11 bits per heavy atom. The van der Waals surface area contributed by atoms with E-state index in [4.69, 9.17) is 0 Å². The van der Waals surface area contributed by atoms with Gasteiger partial charge in [-0.1, -0.05) is 12.1 Å². The van der Waals surface area contributed by atoms with Crippen LogP contribution in [0.25, 0.3) is 0 Å². The lowest BCUT2D eigenvalue weighted by Gasteiger charge is -2.12. The smallest absolute Gasteiger partial charge is 0.251 e. The maximum atomic E-state index is 13.7. The third-order valence-corrected chi connectivity index (χ3v) is 3.63. The average molecular weight is 488 g/mol. The van der Waals surface area contributed by atoms with Crippen LogP contribution in [0.5, 0.6) is 0 Å². The zero-order chi connectivity index (χ0) is 18.9. The molecular formula is C19H23F2IN4O. The van der Waals surface area contributed by atoms with Gasteiger partial charge in [-0.25, -0.2) is 13.8 Å². The molecule has 0 aliphatic rings. The molecule has 8 heteroatoms. The summed E-state index contributed by atoms with van der Waals surface area (Å²) < 4.78 is 27.0. The number of benzene rings is 2. The number of guanidine groups is 1. The number of hydrogen-bond acceptors (Lipinski definition) is 2. The molecule has 146 valence electrons. The Kier molecular flexibility index (Phi) is 9.70. The number of aliphatic imine (C=N–C) groups is 1. The van der Waals surface area contributed by atoms with Crippen molar-refractivity contribution in [2.24, 2.45) is 4.99 Å². The van der Waals surface area contributed by atoms with Gasteiger partial charge in [0.15, 0.2) is 5.96 Å². The molecule has 0 heterocycles. The second-order valence-corrected chi connectivity index (χ2v) is 5.56. The van der Waals surface area contributed by atoms with Gasteiger partial charge in [-0.3, -0.25) is 4.79 Å². The molecule has 0 fully saturated rings. The monoisotopic (exact) mass is 488 g/mol. The van der Waals surface area contributed by atoms with Crippen molar-refractivity contribution in [2.45, 2.75) is 20.0 Å². The number of carbonyl (C=O) groups excluding carboxylic acids is 1. The van der Waals surface area contributed by atoms with Crippen molar-refractivity contribution in [3.05, 3.63) is 70.8 Å². The van der Waals surface area contributed by atoms with E-state index < -0.39 is 11.6 Å². The summed E-state index contributed by atoms with van der Waals surface area (Å²) in [5, 5.41) is 8.60. The van der Waals surface area contributed by atoms with E-state index in [9.17, 15) is 13.6 Å². The molecule has 0 saturated carbocycles. The molecule has 2 aromatic rings. The summed E-state index contributed by atoms with van der Waals surface area (Å²) in [4.78, 5) is 16.1. The van der Waals surface area contributed by atoms with Crippen molar-refractivity contribution in [3.8, 4) is 0 Å². The normalized spacial score (nSPS) is 10.7. The molecular weight excluding hydrogens is 465 g/mol. The highest BCUT2D eigenvalue weighted by molar-refractivity contribution is 14.0. The van der Waals surface area contributed by atoms with Gasteiger partial charge in [-0.15, -0.1) is 24.0 Å². The largest absolute Gasteiger partial charge is 0.357 e. The van der Waals surface area contributed by atoms with Crippen molar-refractivity contribution in [1.29, 1.82) is 0 Å². The Morgan fingerprint density at radius 3 is 2.59 bits per heavy atom. The highest BCUT2D eigenvalue weighted by Crippen LogP contribution is 2.09. The van der Waals surface area contributed by atoms with Gasteiger partial charge in [-0.2, -0.15) is 0 Å². The molecule has 1 amide bonds. The molecule has 2 rings (SSSR count). The van der Waals surface area contributed by atoms with Crippen molar-refractivity contribution < 1.29 is 13.6 Å². The minimum absolute atomic E-state index is 0. The van der Waals surface area contributed by atoms with Crippen LogP contribution in [0, 0.1) is 11.6 Å². The van der Waals surface area contributed by atoms with Crippen LogP contribution in [0.4, 0.5) is 8.78 Å². The highest BCUT2D eigenvalue weighted by Gasteiger charge is 2.06. The Labute approximate surface area is 174 Å². The minimum Gasteiger partial charge on any atom is -0.357 e. The molecule has 0 aliphatic heterocycles. The van der Waals surface area contributed by atoms with E-state index >= 15 is 0 Å². The maximum Gasteiger partial charge on any atom is 0.251 e. The van der Waals surface area contributed by atoms with Gasteiger partial charge >= 0.3 is 0 Å². The van der Waals surface area contributed by atoms with Gasteiger partial charge in [0.25, 0.3) is 5.91 Å². The SMILES string of the molecule is CCNC(=NCc1cccc(C(=O)NC)c1)NCc1cc(F)ccc1F.I. The quantitative estimate of drug-likeness (QED) is 0.333. The number of nitrogens with one attached hydrogen (secondary N) is 3. The number of amides is 1. The van der Waals surface area contributed by atoms with E-state index in [0.717, 1.165) is 23.8 Å². The van der Waals surface area contributed by atoms with Crippen LogP contribution in [-0.4, -0.2) is 25.5 Å². The van der Waals surface area contributed by atoms with E-state index in [-0.39, 0.29) is 42.0 Å². The maximum absolute atomic E-state index is 13.7.